The zero-order valence-corrected chi connectivity index (χ0v) is 16.5. The Morgan fingerprint density at radius 2 is 2.03 bits per heavy atom. The Balaban J connectivity index is 2.15. The lowest BCUT2D eigenvalue weighted by atomic mass is 9.96. The highest BCUT2D eigenvalue weighted by Gasteiger charge is 2.46. The summed E-state index contributed by atoms with van der Waals surface area (Å²) in [5.41, 5.74) is 0.563. The van der Waals surface area contributed by atoms with Crippen molar-refractivity contribution in [2.75, 3.05) is 34.3 Å². The summed E-state index contributed by atoms with van der Waals surface area (Å²) in [6.45, 7) is 0.833. The summed E-state index contributed by atoms with van der Waals surface area (Å²) in [4.78, 5) is 33.0. The van der Waals surface area contributed by atoms with Crippen molar-refractivity contribution >= 4 is 17.4 Å². The summed E-state index contributed by atoms with van der Waals surface area (Å²) in [5.74, 6) is -1.80. The molecule has 1 aromatic carbocycles. The summed E-state index contributed by atoms with van der Waals surface area (Å²) < 4.78 is 5.06. The number of phenols is 1. The molecule has 0 aliphatic carbocycles. The number of methoxy groups -OCH3 is 1. The average Bonchev–Trinajstić information content (AvgIpc) is 2.97. The molecule has 1 aliphatic heterocycles. The number of carbonyl (C=O) groups excluding carboxylic acids is 2. The molecule has 2 N–H and O–H groups in total. The molecule has 1 atom stereocenters. The van der Waals surface area contributed by atoms with Crippen molar-refractivity contribution in [2.45, 2.75) is 6.04 Å². The predicted octanol–water partition coefficient (Wildman–Crippen LogP) is 1.78. The average molecular weight is 397 g/mol. The van der Waals surface area contributed by atoms with Crippen molar-refractivity contribution in [1.29, 1.82) is 0 Å². The molecule has 1 fully saturated rings. The van der Waals surface area contributed by atoms with Gasteiger partial charge in [0.2, 0.25) is 0 Å². The number of hydrogen-bond donors (Lipinski definition) is 2. The number of aliphatic hydroxyl groups is 1. The highest BCUT2D eigenvalue weighted by atomic mass is 16.5. The number of rotatable bonds is 6. The normalized spacial score (nSPS) is 18.5. The van der Waals surface area contributed by atoms with Crippen molar-refractivity contribution in [3.63, 3.8) is 0 Å². The SMILES string of the molecule is COc1ccc(C(O)=C2C(=O)C(=O)N(CCN(C)C)[C@@H]2c2cccnc2)c(O)c1. The van der Waals surface area contributed by atoms with Crippen LogP contribution in [0.2, 0.25) is 0 Å². The Labute approximate surface area is 168 Å². The number of nitrogens with zero attached hydrogens (tertiary/aromatic N) is 3. The van der Waals surface area contributed by atoms with Crippen LogP contribution in [0.25, 0.3) is 5.76 Å². The van der Waals surface area contributed by atoms with Gasteiger partial charge >= 0.3 is 0 Å². The van der Waals surface area contributed by atoms with Crippen LogP contribution in [0.5, 0.6) is 11.5 Å². The third-order valence-corrected chi connectivity index (χ3v) is 4.79. The van der Waals surface area contributed by atoms with Crippen molar-refractivity contribution < 1.29 is 24.5 Å². The molecule has 1 aliphatic rings. The van der Waals surface area contributed by atoms with E-state index in [4.69, 9.17) is 4.74 Å². The molecular weight excluding hydrogens is 374 g/mol. The van der Waals surface area contributed by atoms with E-state index in [1.54, 1.807) is 30.6 Å². The van der Waals surface area contributed by atoms with Crippen LogP contribution >= 0.6 is 0 Å². The molecule has 2 aromatic rings. The molecule has 1 amide bonds. The van der Waals surface area contributed by atoms with E-state index in [9.17, 15) is 19.8 Å². The van der Waals surface area contributed by atoms with Crippen LogP contribution in [0.4, 0.5) is 0 Å². The van der Waals surface area contributed by atoms with Crippen LogP contribution in [0.3, 0.4) is 0 Å². The minimum atomic E-state index is -0.801. The number of likely N-dealkylation sites (tertiary alicyclic amines) is 1. The van der Waals surface area contributed by atoms with Gasteiger partial charge in [-0.1, -0.05) is 6.07 Å². The molecule has 8 heteroatoms. The lowest BCUT2D eigenvalue weighted by Crippen LogP contribution is -2.35. The van der Waals surface area contributed by atoms with E-state index < -0.39 is 23.5 Å². The van der Waals surface area contributed by atoms with E-state index in [0.717, 1.165) is 0 Å². The Hall–Kier alpha value is -3.39. The summed E-state index contributed by atoms with van der Waals surface area (Å²) in [6, 6.07) is 6.97. The molecule has 1 aromatic heterocycles. The smallest absolute Gasteiger partial charge is 0.295 e. The maximum atomic E-state index is 12.8. The van der Waals surface area contributed by atoms with E-state index in [2.05, 4.69) is 4.98 Å². The van der Waals surface area contributed by atoms with Gasteiger partial charge in [-0.25, -0.2) is 0 Å². The van der Waals surface area contributed by atoms with Gasteiger partial charge in [-0.05, 0) is 37.9 Å². The fourth-order valence-electron chi connectivity index (χ4n) is 3.29. The van der Waals surface area contributed by atoms with E-state index in [0.29, 0.717) is 24.4 Å². The number of likely N-dealkylation sites (N-methyl/N-ethyl adjacent to an activating group) is 1. The van der Waals surface area contributed by atoms with Crippen molar-refractivity contribution in [2.24, 2.45) is 0 Å². The maximum Gasteiger partial charge on any atom is 0.295 e. The summed E-state index contributed by atoms with van der Waals surface area (Å²) in [6.07, 6.45) is 3.14. The van der Waals surface area contributed by atoms with Gasteiger partial charge in [0.25, 0.3) is 11.7 Å². The Morgan fingerprint density at radius 1 is 1.28 bits per heavy atom. The van der Waals surface area contributed by atoms with Gasteiger partial charge in [-0.2, -0.15) is 0 Å². The Bertz CT molecular complexity index is 956. The lowest BCUT2D eigenvalue weighted by Gasteiger charge is -2.26. The molecule has 29 heavy (non-hydrogen) atoms. The second-order valence-electron chi connectivity index (χ2n) is 6.97. The number of aliphatic hydroxyl groups excluding tert-OH is 1. The van der Waals surface area contributed by atoms with Gasteiger partial charge in [0.15, 0.2) is 0 Å². The zero-order chi connectivity index (χ0) is 21.1. The predicted molar refractivity (Wildman–Crippen MR) is 106 cm³/mol. The number of aromatic hydroxyl groups is 1. The summed E-state index contributed by atoms with van der Waals surface area (Å²) >= 11 is 0. The Morgan fingerprint density at radius 3 is 2.62 bits per heavy atom. The Kier molecular flexibility index (Phi) is 5.84. The molecule has 0 radical (unpaired) electrons. The molecule has 0 unspecified atom stereocenters. The molecule has 152 valence electrons. The monoisotopic (exact) mass is 397 g/mol. The number of pyridine rings is 1. The number of carbonyl (C=O) groups is 2. The van der Waals surface area contributed by atoms with E-state index in [1.165, 1.54) is 24.1 Å². The summed E-state index contributed by atoms with van der Waals surface area (Å²) in [5, 5.41) is 21.2. The molecule has 8 nitrogen and oxygen atoms in total. The number of ketones is 1. The van der Waals surface area contributed by atoms with Gasteiger partial charge in [0.05, 0.1) is 24.3 Å². The first-order chi connectivity index (χ1) is 13.8. The molecule has 3 rings (SSSR count). The third kappa shape index (κ3) is 3.93. The molecule has 1 saturated heterocycles. The minimum absolute atomic E-state index is 0.0466. The molecule has 0 bridgehead atoms. The van der Waals surface area contributed by atoms with Crippen molar-refractivity contribution in [3.05, 3.63) is 59.4 Å². The van der Waals surface area contributed by atoms with Gasteiger partial charge in [0, 0.05) is 31.5 Å². The van der Waals surface area contributed by atoms with Crippen LogP contribution in [-0.4, -0.2) is 71.0 Å². The van der Waals surface area contributed by atoms with Gasteiger partial charge in [0.1, 0.15) is 17.3 Å². The third-order valence-electron chi connectivity index (χ3n) is 4.79. The second kappa shape index (κ2) is 8.32. The van der Waals surface area contributed by atoms with Crippen LogP contribution in [0, 0.1) is 0 Å². The van der Waals surface area contributed by atoms with Gasteiger partial charge in [-0.3, -0.25) is 14.6 Å². The number of Topliss-reactive ketones (excluding diaryl/α,β-unsaturated/α-hetero) is 1. The first-order valence-corrected chi connectivity index (χ1v) is 9.05. The highest BCUT2D eigenvalue weighted by Crippen LogP contribution is 2.40. The second-order valence-corrected chi connectivity index (χ2v) is 6.97. The first-order valence-electron chi connectivity index (χ1n) is 9.05. The number of aromatic nitrogens is 1. The number of hydrogen-bond acceptors (Lipinski definition) is 7. The molecular formula is C21H23N3O5. The topological polar surface area (TPSA) is 103 Å². The fraction of sp³-hybridized carbons (Fsp3) is 0.286. The maximum absolute atomic E-state index is 12.8. The zero-order valence-electron chi connectivity index (χ0n) is 16.5. The number of amides is 1. The lowest BCUT2D eigenvalue weighted by molar-refractivity contribution is -0.140. The van der Waals surface area contributed by atoms with Gasteiger partial charge in [-0.15, -0.1) is 0 Å². The van der Waals surface area contributed by atoms with Crippen LogP contribution < -0.4 is 4.74 Å². The van der Waals surface area contributed by atoms with Crippen LogP contribution in [0.15, 0.2) is 48.3 Å². The highest BCUT2D eigenvalue weighted by molar-refractivity contribution is 6.46. The van der Waals surface area contributed by atoms with E-state index in [1.807, 2.05) is 19.0 Å². The number of phenolic OH excluding ortho intramolecular Hbond substituents is 1. The van der Waals surface area contributed by atoms with E-state index >= 15 is 0 Å². The van der Waals surface area contributed by atoms with Crippen molar-refractivity contribution in [1.82, 2.24) is 14.8 Å². The quantitative estimate of drug-likeness (QED) is 0.435. The van der Waals surface area contributed by atoms with Crippen LogP contribution in [-0.2, 0) is 9.59 Å². The number of ether oxygens (including phenoxy) is 1. The van der Waals surface area contributed by atoms with Gasteiger partial charge < -0.3 is 24.7 Å². The largest absolute Gasteiger partial charge is 0.507 e. The minimum Gasteiger partial charge on any atom is -0.507 e. The summed E-state index contributed by atoms with van der Waals surface area (Å²) in [7, 11) is 5.18. The van der Waals surface area contributed by atoms with E-state index in [-0.39, 0.29) is 16.9 Å². The fourth-order valence-corrected chi connectivity index (χ4v) is 3.29. The first kappa shape index (κ1) is 20.3. The molecule has 0 spiro atoms. The standard InChI is InChI=1S/C21H23N3O5/c1-23(2)9-10-24-18(13-5-4-8-22-12-13)17(20(27)21(24)28)19(26)15-7-6-14(29-3)11-16(15)25/h4-8,11-12,18,25-26H,9-10H2,1-3H3/t18-/m1/s1. The molecule has 2 heterocycles. The molecule has 0 saturated carbocycles. The van der Waals surface area contributed by atoms with Crippen molar-refractivity contribution in [3.8, 4) is 11.5 Å². The van der Waals surface area contributed by atoms with Crippen LogP contribution in [0.1, 0.15) is 17.2 Å². The number of benzene rings is 1.